The third-order valence-electron chi connectivity index (χ3n) is 11.3. The van der Waals surface area contributed by atoms with Gasteiger partial charge in [-0.25, -0.2) is 4.57 Å². The lowest BCUT2D eigenvalue weighted by Gasteiger charge is -2.26. The van der Waals surface area contributed by atoms with Crippen molar-refractivity contribution in [3.8, 4) is 0 Å². The van der Waals surface area contributed by atoms with Crippen molar-refractivity contribution in [2.24, 2.45) is 0 Å². The van der Waals surface area contributed by atoms with Crippen LogP contribution in [0.1, 0.15) is 219 Å². The predicted molar refractivity (Wildman–Crippen MR) is 267 cm³/mol. The van der Waals surface area contributed by atoms with Crippen LogP contribution in [0.15, 0.2) is 60.8 Å². The molecule has 3 atom stereocenters. The maximum Gasteiger partial charge on any atom is 0.472 e. The van der Waals surface area contributed by atoms with Crippen LogP contribution in [0.5, 0.6) is 0 Å². The van der Waals surface area contributed by atoms with Crippen molar-refractivity contribution in [1.82, 2.24) is 5.32 Å². The molecule has 0 fully saturated rings. The first-order chi connectivity index (χ1) is 30.0. The van der Waals surface area contributed by atoms with E-state index in [1.165, 1.54) is 116 Å². The van der Waals surface area contributed by atoms with Gasteiger partial charge in [0.2, 0.25) is 5.91 Å². The normalized spacial score (nSPS) is 14.6. The number of rotatable bonds is 46. The largest absolute Gasteiger partial charge is 0.472 e. The molecule has 0 aliphatic carbocycles. The third kappa shape index (κ3) is 46.2. The molecule has 362 valence electrons. The zero-order valence-corrected chi connectivity index (χ0v) is 42.0. The van der Waals surface area contributed by atoms with Crippen LogP contribution in [0, 0.1) is 0 Å². The number of carbonyl (C=O) groups is 1. The van der Waals surface area contributed by atoms with Gasteiger partial charge >= 0.3 is 7.82 Å². The Labute approximate surface area is 383 Å². The minimum absolute atomic E-state index is 0.0699. The molecule has 0 aromatic heterocycles. The number of nitrogens with zero attached hydrogens (tertiary/aromatic N) is 1. The minimum Gasteiger partial charge on any atom is -0.391 e. The molecule has 0 radical (unpaired) electrons. The molecule has 0 aromatic rings. The molecule has 0 aliphatic rings. The van der Waals surface area contributed by atoms with Crippen LogP contribution in [-0.4, -0.2) is 73.4 Å². The fourth-order valence-corrected chi connectivity index (χ4v) is 7.99. The Bertz CT molecular complexity index is 1190. The van der Waals surface area contributed by atoms with Crippen molar-refractivity contribution in [2.75, 3.05) is 40.9 Å². The molecule has 0 spiro atoms. The number of aliphatic hydroxyl groups is 1. The van der Waals surface area contributed by atoms with E-state index in [2.05, 4.69) is 79.9 Å². The summed E-state index contributed by atoms with van der Waals surface area (Å²) in [4.78, 5) is 23.3. The van der Waals surface area contributed by atoms with E-state index >= 15 is 0 Å². The van der Waals surface area contributed by atoms with Gasteiger partial charge < -0.3 is 19.8 Å². The number of hydrogen-bond donors (Lipinski definition) is 3. The standard InChI is InChI=1S/C53H99N2O6P/c1-6-8-10-12-14-16-18-20-22-24-25-26-27-28-29-31-33-35-37-39-41-43-45-47-53(57)54-51(50-61-62(58,59)60-49-48-55(3,4)5)52(56)46-44-42-40-38-36-34-32-30-23-21-19-17-15-13-11-9-7-2/h8,10,14,16,20,22,25-26,28-29,51-52,56H,6-7,9,11-13,15,17-19,21,23-24,27,30-50H2,1-5H3,(H-,54,57,58,59)/p+1/b10-8-,16-14-,22-20-,26-25-,29-28-. The SMILES string of the molecule is CC/C=C\C/C=C\C/C=C\C/C=C\C/C=C\CCCCCCCCCC(=O)NC(COP(=O)(O)OCC[N+](C)(C)C)C(O)CCCCCCCCCCCCCCCCCCC. The highest BCUT2D eigenvalue weighted by atomic mass is 31.2. The first-order valence-electron chi connectivity index (χ1n) is 25.7. The molecule has 1 amide bonds. The average molecular weight is 892 g/mol. The van der Waals surface area contributed by atoms with Gasteiger partial charge in [-0.3, -0.25) is 13.8 Å². The number of quaternary nitrogens is 1. The highest BCUT2D eigenvalue weighted by molar-refractivity contribution is 7.47. The molecule has 8 nitrogen and oxygen atoms in total. The quantitative estimate of drug-likeness (QED) is 0.0243. The minimum atomic E-state index is -4.33. The topological polar surface area (TPSA) is 105 Å². The maximum absolute atomic E-state index is 13.0. The van der Waals surface area contributed by atoms with Gasteiger partial charge in [-0.05, 0) is 57.8 Å². The number of phosphoric ester groups is 1. The lowest BCUT2D eigenvalue weighted by Crippen LogP contribution is -2.46. The molecule has 0 saturated carbocycles. The summed E-state index contributed by atoms with van der Waals surface area (Å²) < 4.78 is 23.7. The van der Waals surface area contributed by atoms with Crippen LogP contribution in [0.3, 0.4) is 0 Å². The summed E-state index contributed by atoms with van der Waals surface area (Å²) in [5, 5.41) is 14.0. The molecule has 3 unspecified atom stereocenters. The number of unbranched alkanes of at least 4 members (excludes halogenated alkanes) is 23. The fraction of sp³-hybridized carbons (Fsp3) is 0.792. The van der Waals surface area contributed by atoms with Crippen LogP contribution in [-0.2, 0) is 18.4 Å². The Balaban J connectivity index is 4.29. The van der Waals surface area contributed by atoms with Crippen molar-refractivity contribution >= 4 is 13.7 Å². The molecular weight excluding hydrogens is 792 g/mol. The van der Waals surface area contributed by atoms with Gasteiger partial charge in [-0.2, -0.15) is 0 Å². The van der Waals surface area contributed by atoms with Crippen molar-refractivity contribution in [2.45, 2.75) is 231 Å². The van der Waals surface area contributed by atoms with E-state index in [1.807, 2.05) is 21.1 Å². The first kappa shape index (κ1) is 60.2. The first-order valence-corrected chi connectivity index (χ1v) is 27.1. The molecule has 0 bridgehead atoms. The zero-order chi connectivity index (χ0) is 45.7. The number of hydrogen-bond acceptors (Lipinski definition) is 5. The van der Waals surface area contributed by atoms with Crippen LogP contribution < -0.4 is 5.32 Å². The Morgan fingerprint density at radius 1 is 0.565 bits per heavy atom. The Kier molecular flexibility index (Phi) is 43.1. The lowest BCUT2D eigenvalue weighted by molar-refractivity contribution is -0.870. The number of nitrogens with one attached hydrogen (secondary N) is 1. The smallest absolute Gasteiger partial charge is 0.391 e. The zero-order valence-electron chi connectivity index (χ0n) is 41.1. The number of likely N-dealkylation sites (N-methyl/N-ethyl adjacent to an activating group) is 1. The Morgan fingerprint density at radius 2 is 0.968 bits per heavy atom. The monoisotopic (exact) mass is 892 g/mol. The van der Waals surface area contributed by atoms with E-state index in [1.54, 1.807) is 0 Å². The van der Waals surface area contributed by atoms with Crippen LogP contribution in [0.4, 0.5) is 0 Å². The van der Waals surface area contributed by atoms with Crippen molar-refractivity contribution < 1.29 is 32.9 Å². The second-order valence-corrected chi connectivity index (χ2v) is 20.0. The number of allylic oxidation sites excluding steroid dienone is 10. The fourth-order valence-electron chi connectivity index (χ4n) is 7.25. The lowest BCUT2D eigenvalue weighted by atomic mass is 10.0. The summed E-state index contributed by atoms with van der Waals surface area (Å²) in [5.74, 6) is -0.157. The summed E-state index contributed by atoms with van der Waals surface area (Å²) in [6.45, 7) is 4.77. The van der Waals surface area contributed by atoms with Gasteiger partial charge in [0.15, 0.2) is 0 Å². The van der Waals surface area contributed by atoms with Gasteiger partial charge in [-0.15, -0.1) is 0 Å². The van der Waals surface area contributed by atoms with Crippen molar-refractivity contribution in [3.63, 3.8) is 0 Å². The molecule has 0 heterocycles. The maximum atomic E-state index is 13.0. The van der Waals surface area contributed by atoms with Crippen LogP contribution in [0.25, 0.3) is 0 Å². The molecule has 0 rings (SSSR count). The van der Waals surface area contributed by atoms with Crippen LogP contribution >= 0.6 is 7.82 Å². The predicted octanol–water partition coefficient (Wildman–Crippen LogP) is 15.0. The molecule has 62 heavy (non-hydrogen) atoms. The van der Waals surface area contributed by atoms with Gasteiger partial charge in [-0.1, -0.05) is 216 Å². The van der Waals surface area contributed by atoms with E-state index < -0.39 is 20.0 Å². The van der Waals surface area contributed by atoms with Gasteiger partial charge in [0, 0.05) is 6.42 Å². The van der Waals surface area contributed by atoms with E-state index in [0.717, 1.165) is 77.0 Å². The second-order valence-electron chi connectivity index (χ2n) is 18.5. The Morgan fingerprint density at radius 3 is 1.42 bits per heavy atom. The van der Waals surface area contributed by atoms with E-state index in [9.17, 15) is 19.4 Å². The average Bonchev–Trinajstić information content (AvgIpc) is 3.23. The third-order valence-corrected chi connectivity index (χ3v) is 12.3. The Hall–Kier alpha value is -1.80. The molecular formula is C53H100N2O6P+. The van der Waals surface area contributed by atoms with Gasteiger partial charge in [0.05, 0.1) is 39.9 Å². The summed E-state index contributed by atoms with van der Waals surface area (Å²) in [6.07, 6.45) is 58.2. The van der Waals surface area contributed by atoms with E-state index in [4.69, 9.17) is 9.05 Å². The van der Waals surface area contributed by atoms with Crippen LogP contribution in [0.2, 0.25) is 0 Å². The highest BCUT2D eigenvalue weighted by Gasteiger charge is 2.28. The number of aliphatic hydroxyl groups excluding tert-OH is 1. The highest BCUT2D eigenvalue weighted by Crippen LogP contribution is 2.43. The number of amides is 1. The second kappa shape index (κ2) is 44.4. The van der Waals surface area contributed by atoms with Gasteiger partial charge in [0.1, 0.15) is 13.2 Å². The summed E-state index contributed by atoms with van der Waals surface area (Å²) in [5.41, 5.74) is 0. The molecule has 3 N–H and O–H groups in total. The van der Waals surface area contributed by atoms with Crippen molar-refractivity contribution in [1.29, 1.82) is 0 Å². The summed E-state index contributed by atoms with van der Waals surface area (Å²) in [7, 11) is 1.60. The number of carbonyl (C=O) groups excluding carboxylic acids is 1. The van der Waals surface area contributed by atoms with E-state index in [0.29, 0.717) is 23.9 Å². The summed E-state index contributed by atoms with van der Waals surface area (Å²) in [6, 6.07) is -0.769. The molecule has 0 saturated heterocycles. The molecule has 0 aromatic carbocycles. The van der Waals surface area contributed by atoms with E-state index in [-0.39, 0.29) is 19.1 Å². The van der Waals surface area contributed by atoms with Crippen molar-refractivity contribution in [3.05, 3.63) is 60.8 Å². The molecule has 9 heteroatoms. The molecule has 0 aliphatic heterocycles. The number of phosphoric acid groups is 1. The summed E-state index contributed by atoms with van der Waals surface area (Å²) >= 11 is 0. The van der Waals surface area contributed by atoms with Gasteiger partial charge in [0.25, 0.3) is 0 Å².